The number of nitrogen functional groups attached to an aromatic ring is 1. The minimum atomic E-state index is -0.389. The van der Waals surface area contributed by atoms with Gasteiger partial charge in [-0.25, -0.2) is 0 Å². The van der Waals surface area contributed by atoms with E-state index >= 15 is 0 Å². The normalized spacial score (nSPS) is 9.95. The van der Waals surface area contributed by atoms with Gasteiger partial charge in [0.25, 0.3) is 5.91 Å². The highest BCUT2D eigenvalue weighted by molar-refractivity contribution is 6.07. The Morgan fingerprint density at radius 2 is 2.26 bits per heavy atom. The summed E-state index contributed by atoms with van der Waals surface area (Å²) in [7, 11) is 1.63. The van der Waals surface area contributed by atoms with E-state index in [4.69, 9.17) is 11.0 Å². The summed E-state index contributed by atoms with van der Waals surface area (Å²) in [5.41, 5.74) is 7.96. The zero-order valence-electron chi connectivity index (χ0n) is 10.6. The number of nitrogens with one attached hydrogen (secondary N) is 1. The van der Waals surface area contributed by atoms with Crippen molar-refractivity contribution in [2.24, 2.45) is 7.05 Å². The SMILES string of the molecule is Cc1cccc(NC(=O)c2c(N)cnn2C)c1C#N. The van der Waals surface area contributed by atoms with Crippen LogP contribution >= 0.6 is 0 Å². The molecule has 6 nitrogen and oxygen atoms in total. The maximum Gasteiger partial charge on any atom is 0.276 e. The van der Waals surface area contributed by atoms with Gasteiger partial charge < -0.3 is 11.1 Å². The first-order valence-corrected chi connectivity index (χ1v) is 5.63. The minimum Gasteiger partial charge on any atom is -0.396 e. The molecule has 3 N–H and O–H groups in total. The van der Waals surface area contributed by atoms with Crippen LogP contribution in [0.4, 0.5) is 11.4 Å². The Morgan fingerprint density at radius 1 is 1.53 bits per heavy atom. The highest BCUT2D eigenvalue weighted by Crippen LogP contribution is 2.20. The minimum absolute atomic E-state index is 0.269. The van der Waals surface area contributed by atoms with Crippen molar-refractivity contribution in [1.82, 2.24) is 9.78 Å². The average Bonchev–Trinajstić information content (AvgIpc) is 2.69. The van der Waals surface area contributed by atoms with E-state index in [0.717, 1.165) is 5.56 Å². The van der Waals surface area contributed by atoms with E-state index in [2.05, 4.69) is 16.5 Å². The van der Waals surface area contributed by atoms with Crippen LogP contribution in [-0.4, -0.2) is 15.7 Å². The number of anilines is 2. The molecule has 2 rings (SSSR count). The second-order valence-electron chi connectivity index (χ2n) is 4.14. The molecule has 0 bridgehead atoms. The molecule has 0 radical (unpaired) electrons. The van der Waals surface area contributed by atoms with Crippen LogP contribution in [0.5, 0.6) is 0 Å². The van der Waals surface area contributed by atoms with Crippen molar-refractivity contribution in [2.75, 3.05) is 11.1 Å². The molecular formula is C13H13N5O. The molecule has 19 heavy (non-hydrogen) atoms. The molecule has 0 unspecified atom stereocenters. The first-order chi connectivity index (χ1) is 9.04. The Kier molecular flexibility index (Phi) is 3.21. The Hall–Kier alpha value is -2.81. The Labute approximate surface area is 110 Å². The molecule has 6 heteroatoms. The zero-order chi connectivity index (χ0) is 14.0. The first-order valence-electron chi connectivity index (χ1n) is 5.63. The molecular weight excluding hydrogens is 242 g/mol. The molecule has 1 amide bonds. The van der Waals surface area contributed by atoms with Crippen molar-refractivity contribution in [3.63, 3.8) is 0 Å². The van der Waals surface area contributed by atoms with E-state index in [1.807, 2.05) is 13.0 Å². The molecule has 1 aromatic carbocycles. The van der Waals surface area contributed by atoms with E-state index in [-0.39, 0.29) is 11.6 Å². The van der Waals surface area contributed by atoms with Crippen LogP contribution in [0.3, 0.4) is 0 Å². The summed E-state index contributed by atoms with van der Waals surface area (Å²) in [5, 5.41) is 15.7. The van der Waals surface area contributed by atoms with E-state index in [1.54, 1.807) is 19.2 Å². The fourth-order valence-corrected chi connectivity index (χ4v) is 1.83. The van der Waals surface area contributed by atoms with Crippen LogP contribution in [0.15, 0.2) is 24.4 Å². The third-order valence-corrected chi connectivity index (χ3v) is 2.81. The number of benzene rings is 1. The van der Waals surface area contributed by atoms with Gasteiger partial charge >= 0.3 is 0 Å². The highest BCUT2D eigenvalue weighted by atomic mass is 16.2. The van der Waals surface area contributed by atoms with Crippen molar-refractivity contribution in [2.45, 2.75) is 6.92 Å². The van der Waals surface area contributed by atoms with Crippen LogP contribution in [0.1, 0.15) is 21.6 Å². The molecule has 0 atom stereocenters. The van der Waals surface area contributed by atoms with Gasteiger partial charge in [-0.15, -0.1) is 0 Å². The predicted molar refractivity (Wildman–Crippen MR) is 71.5 cm³/mol. The average molecular weight is 255 g/mol. The van der Waals surface area contributed by atoms with Gasteiger partial charge in [0.05, 0.1) is 23.1 Å². The van der Waals surface area contributed by atoms with Gasteiger partial charge in [0.15, 0.2) is 0 Å². The zero-order valence-corrected chi connectivity index (χ0v) is 10.6. The molecule has 0 aliphatic rings. The van der Waals surface area contributed by atoms with Crippen molar-refractivity contribution < 1.29 is 4.79 Å². The van der Waals surface area contributed by atoms with Gasteiger partial charge in [0, 0.05) is 7.05 Å². The third-order valence-electron chi connectivity index (χ3n) is 2.81. The molecule has 0 saturated carbocycles. The summed E-state index contributed by atoms with van der Waals surface area (Å²) in [6.45, 7) is 1.81. The van der Waals surface area contributed by atoms with E-state index in [9.17, 15) is 4.79 Å². The number of aryl methyl sites for hydroxylation is 2. The number of rotatable bonds is 2. The molecule has 0 saturated heterocycles. The standard InChI is InChI=1S/C13H13N5O/c1-8-4-3-5-11(9(8)6-14)17-13(19)12-10(15)7-16-18(12)2/h3-5,7H,15H2,1-2H3,(H,17,19). The summed E-state index contributed by atoms with van der Waals surface area (Å²) in [4.78, 5) is 12.1. The van der Waals surface area contributed by atoms with Crippen molar-refractivity contribution >= 4 is 17.3 Å². The van der Waals surface area contributed by atoms with E-state index in [1.165, 1.54) is 10.9 Å². The number of carbonyl (C=O) groups is 1. The lowest BCUT2D eigenvalue weighted by molar-refractivity contribution is 0.101. The lowest BCUT2D eigenvalue weighted by atomic mass is 10.1. The number of hydrogen-bond donors (Lipinski definition) is 2. The molecule has 0 fully saturated rings. The number of amides is 1. The molecule has 0 aliphatic carbocycles. The topological polar surface area (TPSA) is 96.7 Å². The van der Waals surface area contributed by atoms with Crippen LogP contribution in [0, 0.1) is 18.3 Å². The largest absolute Gasteiger partial charge is 0.396 e. The summed E-state index contributed by atoms with van der Waals surface area (Å²) < 4.78 is 1.40. The van der Waals surface area contributed by atoms with Crippen molar-refractivity contribution in [3.8, 4) is 6.07 Å². The van der Waals surface area contributed by atoms with Gasteiger partial charge in [0.2, 0.25) is 0 Å². The van der Waals surface area contributed by atoms with Crippen LogP contribution in [0.2, 0.25) is 0 Å². The van der Waals surface area contributed by atoms with E-state index in [0.29, 0.717) is 16.9 Å². The Balaban J connectivity index is 2.36. The second-order valence-corrected chi connectivity index (χ2v) is 4.14. The molecule has 0 aliphatic heterocycles. The molecule has 96 valence electrons. The number of nitrogens with two attached hydrogens (primary N) is 1. The molecule has 1 heterocycles. The number of carbonyl (C=O) groups excluding carboxylic acids is 1. The molecule has 2 aromatic rings. The van der Waals surface area contributed by atoms with Gasteiger partial charge in [0.1, 0.15) is 11.8 Å². The van der Waals surface area contributed by atoms with Crippen LogP contribution in [-0.2, 0) is 7.05 Å². The summed E-state index contributed by atoms with van der Waals surface area (Å²) in [5.74, 6) is -0.389. The maximum absolute atomic E-state index is 12.1. The quantitative estimate of drug-likeness (QED) is 0.848. The Morgan fingerprint density at radius 3 is 2.84 bits per heavy atom. The van der Waals surface area contributed by atoms with Gasteiger partial charge in [-0.2, -0.15) is 10.4 Å². The number of nitriles is 1. The van der Waals surface area contributed by atoms with Crippen molar-refractivity contribution in [1.29, 1.82) is 5.26 Å². The monoisotopic (exact) mass is 255 g/mol. The molecule has 1 aromatic heterocycles. The van der Waals surface area contributed by atoms with Gasteiger partial charge in [-0.1, -0.05) is 12.1 Å². The molecule has 0 spiro atoms. The second kappa shape index (κ2) is 4.82. The number of nitrogens with zero attached hydrogens (tertiary/aromatic N) is 3. The highest BCUT2D eigenvalue weighted by Gasteiger charge is 2.16. The lowest BCUT2D eigenvalue weighted by Gasteiger charge is -2.09. The summed E-state index contributed by atoms with van der Waals surface area (Å²) >= 11 is 0. The smallest absolute Gasteiger partial charge is 0.276 e. The summed E-state index contributed by atoms with van der Waals surface area (Å²) in [6.07, 6.45) is 1.41. The van der Waals surface area contributed by atoms with Crippen LogP contribution < -0.4 is 11.1 Å². The fourth-order valence-electron chi connectivity index (χ4n) is 1.83. The lowest BCUT2D eigenvalue weighted by Crippen LogP contribution is -2.18. The van der Waals surface area contributed by atoms with Crippen LogP contribution in [0.25, 0.3) is 0 Å². The van der Waals surface area contributed by atoms with Crippen molar-refractivity contribution in [3.05, 3.63) is 41.2 Å². The first kappa shape index (κ1) is 12.6. The maximum atomic E-state index is 12.1. The van der Waals surface area contributed by atoms with Gasteiger partial charge in [-0.3, -0.25) is 9.48 Å². The van der Waals surface area contributed by atoms with E-state index < -0.39 is 0 Å². The fraction of sp³-hybridized carbons (Fsp3) is 0.154. The third kappa shape index (κ3) is 2.26. The predicted octanol–water partition coefficient (Wildman–Crippen LogP) is 1.43. The number of hydrogen-bond acceptors (Lipinski definition) is 4. The summed E-state index contributed by atoms with van der Waals surface area (Å²) in [6, 6.07) is 7.34. The van der Waals surface area contributed by atoms with Gasteiger partial charge in [-0.05, 0) is 18.6 Å². The Bertz CT molecular complexity index is 661. The number of aromatic nitrogens is 2.